The van der Waals surface area contributed by atoms with E-state index in [9.17, 15) is 23.2 Å². The van der Waals surface area contributed by atoms with Gasteiger partial charge in [-0.1, -0.05) is 23.7 Å². The molecule has 0 aliphatic rings. The smallest absolute Gasteiger partial charge is 0.412 e. The zero-order valence-electron chi connectivity index (χ0n) is 21.8. The lowest BCUT2D eigenvalue weighted by molar-refractivity contribution is -0.136. The maximum absolute atomic E-state index is 13.9. The zero-order valence-corrected chi connectivity index (χ0v) is 22.6. The van der Waals surface area contributed by atoms with Gasteiger partial charge in [0.05, 0.1) is 11.1 Å². The van der Waals surface area contributed by atoms with E-state index in [0.29, 0.717) is 29.2 Å². The number of nitrogens with zero attached hydrogens (tertiary/aromatic N) is 2. The Morgan fingerprint density at radius 2 is 1.93 bits per heavy atom. The van der Waals surface area contributed by atoms with Gasteiger partial charge in [-0.3, -0.25) is 15.1 Å². The third-order valence-corrected chi connectivity index (χ3v) is 6.21. The highest BCUT2D eigenvalue weighted by atomic mass is 35.5. The predicted octanol–water partition coefficient (Wildman–Crippen LogP) is 4.55. The van der Waals surface area contributed by atoms with E-state index in [1.54, 1.807) is 12.1 Å². The Hall–Kier alpha value is -4.03. The van der Waals surface area contributed by atoms with Crippen molar-refractivity contribution in [2.24, 2.45) is 0 Å². The number of pyridine rings is 1. The number of nitrogens with one attached hydrogen (secondary N) is 4. The number of carbonyl (C=O) groups is 3. The number of halogens is 3. The van der Waals surface area contributed by atoms with Crippen LogP contribution < -0.4 is 21.4 Å². The van der Waals surface area contributed by atoms with E-state index in [-0.39, 0.29) is 49.0 Å². The van der Waals surface area contributed by atoms with Gasteiger partial charge in [-0.25, -0.2) is 28.8 Å². The quantitative estimate of drug-likeness (QED) is 0.185. The summed E-state index contributed by atoms with van der Waals surface area (Å²) in [4.78, 5) is 40.9. The van der Waals surface area contributed by atoms with Gasteiger partial charge >= 0.3 is 12.1 Å². The average molecular weight is 576 g/mol. The molecule has 0 fully saturated rings. The molecule has 1 heterocycles. The second-order valence-corrected chi connectivity index (χ2v) is 9.08. The van der Waals surface area contributed by atoms with Crippen LogP contribution in [-0.2, 0) is 16.1 Å². The summed E-state index contributed by atoms with van der Waals surface area (Å²) in [7, 11) is 0. The first-order valence-corrected chi connectivity index (χ1v) is 12.8. The number of hydrogen-bond acceptors (Lipinski definition) is 6. The van der Waals surface area contributed by atoms with E-state index < -0.39 is 23.8 Å². The molecule has 4 amide bonds. The van der Waals surface area contributed by atoms with Crippen LogP contribution in [0.25, 0.3) is 10.8 Å². The molecule has 2 aromatic carbocycles. The van der Waals surface area contributed by atoms with E-state index in [0.717, 1.165) is 0 Å². The van der Waals surface area contributed by atoms with Crippen molar-refractivity contribution in [1.82, 2.24) is 26.1 Å². The van der Waals surface area contributed by atoms with Gasteiger partial charge in [0.2, 0.25) is 5.91 Å². The molecule has 0 bridgehead atoms. The van der Waals surface area contributed by atoms with Gasteiger partial charge in [0.25, 0.3) is 0 Å². The molecule has 1 aromatic heterocycles. The van der Waals surface area contributed by atoms with E-state index in [4.69, 9.17) is 16.3 Å². The van der Waals surface area contributed by atoms with Crippen molar-refractivity contribution in [2.75, 3.05) is 25.0 Å². The molecule has 13 heteroatoms. The summed E-state index contributed by atoms with van der Waals surface area (Å²) in [5.41, 5.74) is 3.36. The summed E-state index contributed by atoms with van der Waals surface area (Å²) >= 11 is 6.04. The van der Waals surface area contributed by atoms with Crippen molar-refractivity contribution in [3.8, 4) is 0 Å². The van der Waals surface area contributed by atoms with Crippen LogP contribution in [0.5, 0.6) is 0 Å². The van der Waals surface area contributed by atoms with Gasteiger partial charge in [0, 0.05) is 38.1 Å². The van der Waals surface area contributed by atoms with Gasteiger partial charge in [-0.2, -0.15) is 0 Å². The highest BCUT2D eigenvalue weighted by molar-refractivity contribution is 6.31. The molecule has 0 aliphatic carbocycles. The number of hydrogen-bond donors (Lipinski definition) is 4. The fraction of sp³-hybridized carbons (Fsp3) is 0.296. The van der Waals surface area contributed by atoms with Crippen molar-refractivity contribution in [3.63, 3.8) is 0 Å². The van der Waals surface area contributed by atoms with Crippen LogP contribution in [0.15, 0.2) is 48.7 Å². The molecule has 0 saturated heterocycles. The summed E-state index contributed by atoms with van der Waals surface area (Å²) < 4.78 is 32.8. The predicted molar refractivity (Wildman–Crippen MR) is 147 cm³/mol. The SMILES string of the molecule is [CH2]CNC(=O)NCCC[C@@H](COC(=O)Nc1cc2cc(F)ccc2cn1)N(NCc1cccc(F)c1Cl)C(C)=O. The summed E-state index contributed by atoms with van der Waals surface area (Å²) in [6, 6.07) is 9.00. The summed E-state index contributed by atoms with van der Waals surface area (Å²) in [6.07, 6.45) is 1.42. The van der Waals surface area contributed by atoms with Gasteiger partial charge in [-0.15, -0.1) is 0 Å². The van der Waals surface area contributed by atoms with Crippen LogP contribution in [0.4, 0.5) is 24.2 Å². The third-order valence-electron chi connectivity index (χ3n) is 5.78. The third kappa shape index (κ3) is 9.02. The van der Waals surface area contributed by atoms with Crippen molar-refractivity contribution < 1.29 is 27.9 Å². The Labute approximate surface area is 235 Å². The molecule has 10 nitrogen and oxygen atoms in total. The number of hydrazine groups is 1. The first-order chi connectivity index (χ1) is 19.2. The molecule has 1 atom stereocenters. The molecule has 0 aliphatic heterocycles. The number of aromatic nitrogens is 1. The molecule has 0 unspecified atom stereocenters. The van der Waals surface area contributed by atoms with E-state index in [1.807, 2.05) is 0 Å². The largest absolute Gasteiger partial charge is 0.447 e. The lowest BCUT2D eigenvalue weighted by Gasteiger charge is -2.31. The topological polar surface area (TPSA) is 125 Å². The number of rotatable bonds is 12. The number of amides is 4. The minimum absolute atomic E-state index is 0.0284. The fourth-order valence-electron chi connectivity index (χ4n) is 3.85. The molecule has 0 spiro atoms. The first kappa shape index (κ1) is 30.5. The van der Waals surface area contributed by atoms with Crippen LogP contribution in [0.1, 0.15) is 25.3 Å². The highest BCUT2D eigenvalue weighted by Crippen LogP contribution is 2.20. The highest BCUT2D eigenvalue weighted by Gasteiger charge is 2.23. The summed E-state index contributed by atoms with van der Waals surface area (Å²) in [6.45, 7) is 5.18. The Bertz CT molecular complexity index is 1350. The van der Waals surface area contributed by atoms with Crippen molar-refractivity contribution in [2.45, 2.75) is 32.4 Å². The molecule has 213 valence electrons. The minimum atomic E-state index is -0.835. The van der Waals surface area contributed by atoms with Gasteiger partial charge in [0.15, 0.2) is 0 Å². The minimum Gasteiger partial charge on any atom is -0.447 e. The van der Waals surface area contributed by atoms with Gasteiger partial charge in [-0.05, 0) is 61.0 Å². The van der Waals surface area contributed by atoms with E-state index >= 15 is 0 Å². The number of fused-ring (bicyclic) bond motifs is 1. The van der Waals surface area contributed by atoms with Crippen LogP contribution >= 0.6 is 11.6 Å². The maximum Gasteiger partial charge on any atom is 0.412 e. The number of carbonyl (C=O) groups excluding carboxylic acids is 3. The van der Waals surface area contributed by atoms with Crippen LogP contribution in [0.3, 0.4) is 0 Å². The lowest BCUT2D eigenvalue weighted by Crippen LogP contribution is -2.50. The average Bonchev–Trinajstić information content (AvgIpc) is 2.91. The number of ether oxygens (including phenoxy) is 1. The summed E-state index contributed by atoms with van der Waals surface area (Å²) in [5.74, 6) is -1.25. The fourth-order valence-corrected chi connectivity index (χ4v) is 4.04. The van der Waals surface area contributed by atoms with E-state index in [2.05, 4.69) is 33.3 Å². The molecule has 0 saturated carbocycles. The van der Waals surface area contributed by atoms with Crippen LogP contribution in [0.2, 0.25) is 5.02 Å². The van der Waals surface area contributed by atoms with E-state index in [1.165, 1.54) is 48.5 Å². The molecule has 40 heavy (non-hydrogen) atoms. The summed E-state index contributed by atoms with van der Waals surface area (Å²) in [5, 5.41) is 10.1. The molecular weight excluding hydrogens is 546 g/mol. The normalized spacial score (nSPS) is 11.5. The Balaban J connectivity index is 1.67. The Kier molecular flexibility index (Phi) is 11.4. The van der Waals surface area contributed by atoms with Gasteiger partial charge in [0.1, 0.15) is 24.1 Å². The molecule has 3 rings (SSSR count). The molecule has 4 N–H and O–H groups in total. The number of urea groups is 1. The first-order valence-electron chi connectivity index (χ1n) is 12.4. The lowest BCUT2D eigenvalue weighted by atomic mass is 10.1. The molecule has 3 aromatic rings. The Morgan fingerprint density at radius 3 is 2.67 bits per heavy atom. The van der Waals surface area contributed by atoms with Crippen LogP contribution in [0, 0.1) is 18.6 Å². The Morgan fingerprint density at radius 1 is 1.12 bits per heavy atom. The number of anilines is 1. The van der Waals surface area contributed by atoms with Crippen LogP contribution in [-0.4, -0.2) is 53.8 Å². The molecule has 1 radical (unpaired) electrons. The van der Waals surface area contributed by atoms with Gasteiger partial charge < -0.3 is 15.4 Å². The van der Waals surface area contributed by atoms with Crippen molar-refractivity contribution >= 4 is 46.2 Å². The second kappa shape index (κ2) is 14.9. The standard InChI is InChI=1S/C27H30ClF2N6O4/c1-3-31-26(38)32-11-5-7-22(36(17(2)37)34-15-19-6-4-8-23(30)25(19)28)16-40-27(39)35-24-13-20-12-21(29)10-9-18(20)14-33-24/h4,6,8-10,12-14,22,34H,1,3,5,7,11,15-16H2,2H3,(H2,31,32,38)(H,33,35,39)/t22-/m0/s1. The monoisotopic (exact) mass is 575 g/mol. The maximum atomic E-state index is 13.9. The van der Waals surface area contributed by atoms with Crippen molar-refractivity contribution in [1.29, 1.82) is 0 Å². The molecular formula is C27H30ClF2N6O4. The van der Waals surface area contributed by atoms with Crippen molar-refractivity contribution in [3.05, 3.63) is 77.8 Å². The zero-order chi connectivity index (χ0) is 29.1. The number of benzene rings is 2. The second-order valence-electron chi connectivity index (χ2n) is 8.70.